The fourth-order valence-electron chi connectivity index (χ4n) is 2.65. The molecule has 0 amide bonds. The molecule has 2 aliphatic rings. The van der Waals surface area contributed by atoms with Gasteiger partial charge in [0.1, 0.15) is 12.1 Å². The molecule has 2 aromatic heterocycles. The molecule has 2 aliphatic carbocycles. The molecule has 2 fully saturated rings. The molecule has 5 nitrogen and oxygen atoms in total. The molecule has 0 N–H and O–H groups in total. The van der Waals surface area contributed by atoms with Crippen LogP contribution < -0.4 is 4.90 Å². The second-order valence-corrected chi connectivity index (χ2v) is 6.26. The van der Waals surface area contributed by atoms with Crippen molar-refractivity contribution in [2.75, 3.05) is 18.0 Å². The van der Waals surface area contributed by atoms with Crippen molar-refractivity contribution in [1.82, 2.24) is 19.6 Å². The SMILES string of the molecule is FC(F)(F)c1cc(N(CC2CC2)CC2CC2)n2ncnc2n1. The smallest absolute Gasteiger partial charge is 0.356 e. The molecule has 0 spiro atoms. The van der Waals surface area contributed by atoms with Crippen LogP contribution in [-0.2, 0) is 6.18 Å². The normalized spacial score (nSPS) is 18.9. The molecule has 2 heterocycles. The second-order valence-electron chi connectivity index (χ2n) is 6.26. The van der Waals surface area contributed by atoms with Gasteiger partial charge in [-0.3, -0.25) is 0 Å². The molecule has 0 bridgehead atoms. The molecule has 0 atom stereocenters. The summed E-state index contributed by atoms with van der Waals surface area (Å²) in [6.45, 7) is 1.57. The van der Waals surface area contributed by atoms with E-state index in [1.807, 2.05) is 4.90 Å². The maximum atomic E-state index is 13.1. The van der Waals surface area contributed by atoms with Crippen molar-refractivity contribution in [1.29, 1.82) is 0 Å². The van der Waals surface area contributed by atoms with Gasteiger partial charge in [-0.25, -0.2) is 4.98 Å². The Kier molecular flexibility index (Phi) is 3.02. The number of halogens is 3. The number of fused-ring (bicyclic) bond motifs is 1. The van der Waals surface area contributed by atoms with Gasteiger partial charge in [0.25, 0.3) is 5.78 Å². The van der Waals surface area contributed by atoms with E-state index in [2.05, 4.69) is 15.1 Å². The lowest BCUT2D eigenvalue weighted by Crippen LogP contribution is -2.30. The van der Waals surface area contributed by atoms with E-state index in [-0.39, 0.29) is 5.78 Å². The van der Waals surface area contributed by atoms with Crippen LogP contribution in [-0.4, -0.2) is 32.7 Å². The highest BCUT2D eigenvalue weighted by Gasteiger charge is 2.36. The topological polar surface area (TPSA) is 46.3 Å². The first kappa shape index (κ1) is 13.8. The van der Waals surface area contributed by atoms with Crippen molar-refractivity contribution < 1.29 is 13.2 Å². The molecule has 2 saturated carbocycles. The van der Waals surface area contributed by atoms with E-state index in [0.29, 0.717) is 17.7 Å². The summed E-state index contributed by atoms with van der Waals surface area (Å²) < 4.78 is 40.6. The van der Waals surface area contributed by atoms with Gasteiger partial charge in [-0.05, 0) is 37.5 Å². The Morgan fingerprint density at radius 3 is 2.32 bits per heavy atom. The lowest BCUT2D eigenvalue weighted by Gasteiger charge is -2.25. The number of rotatable bonds is 5. The van der Waals surface area contributed by atoms with E-state index >= 15 is 0 Å². The van der Waals surface area contributed by atoms with Crippen molar-refractivity contribution in [3.63, 3.8) is 0 Å². The van der Waals surface area contributed by atoms with Gasteiger partial charge in [0.05, 0.1) is 0 Å². The molecule has 2 aromatic rings. The predicted molar refractivity (Wildman–Crippen MR) is 73.4 cm³/mol. The molecule has 0 aliphatic heterocycles. The zero-order chi connectivity index (χ0) is 15.3. The van der Waals surface area contributed by atoms with Crippen molar-refractivity contribution in [3.8, 4) is 0 Å². The van der Waals surface area contributed by atoms with Gasteiger partial charge in [0, 0.05) is 19.2 Å². The van der Waals surface area contributed by atoms with E-state index in [0.717, 1.165) is 44.8 Å². The molecule has 0 aromatic carbocycles. The van der Waals surface area contributed by atoms with Gasteiger partial charge in [0.2, 0.25) is 0 Å². The molecule has 0 unspecified atom stereocenters. The Labute approximate surface area is 125 Å². The first-order valence-corrected chi connectivity index (χ1v) is 7.53. The highest BCUT2D eigenvalue weighted by Crippen LogP contribution is 2.37. The van der Waals surface area contributed by atoms with E-state index in [1.165, 1.54) is 10.8 Å². The van der Waals surface area contributed by atoms with Crippen LogP contribution in [0.2, 0.25) is 0 Å². The molecule has 118 valence electrons. The summed E-state index contributed by atoms with van der Waals surface area (Å²) in [5, 5.41) is 4.05. The summed E-state index contributed by atoms with van der Waals surface area (Å²) in [5.74, 6) is 1.62. The fraction of sp³-hybridized carbons (Fsp3) is 0.643. The molecular formula is C14H16F3N5. The summed E-state index contributed by atoms with van der Waals surface area (Å²) in [5.41, 5.74) is -0.903. The third-order valence-electron chi connectivity index (χ3n) is 4.20. The standard InChI is InChI=1S/C14H16F3N5/c15-14(16,17)11-5-12(22-13(20-11)18-8-19-22)21(6-9-1-2-9)7-10-3-4-10/h5,8-10H,1-4,6-7H2. The zero-order valence-corrected chi connectivity index (χ0v) is 11.9. The number of aromatic nitrogens is 4. The Morgan fingerprint density at radius 2 is 1.77 bits per heavy atom. The summed E-state index contributed by atoms with van der Waals surface area (Å²) in [7, 11) is 0. The maximum Gasteiger partial charge on any atom is 0.433 e. The zero-order valence-electron chi connectivity index (χ0n) is 11.9. The second kappa shape index (κ2) is 4.82. The van der Waals surface area contributed by atoms with Crippen LogP contribution in [0.15, 0.2) is 12.4 Å². The van der Waals surface area contributed by atoms with Gasteiger partial charge in [-0.15, -0.1) is 0 Å². The van der Waals surface area contributed by atoms with E-state index in [1.54, 1.807) is 0 Å². The van der Waals surface area contributed by atoms with Crippen LogP contribution in [0, 0.1) is 11.8 Å². The summed E-state index contributed by atoms with van der Waals surface area (Å²) in [6.07, 6.45) is 1.38. The Balaban J connectivity index is 1.77. The molecule has 22 heavy (non-hydrogen) atoms. The number of hydrogen-bond acceptors (Lipinski definition) is 4. The molecule has 4 rings (SSSR count). The Morgan fingerprint density at radius 1 is 1.14 bits per heavy atom. The Bertz CT molecular complexity index is 673. The molecule has 0 saturated heterocycles. The number of anilines is 1. The van der Waals surface area contributed by atoms with Crippen molar-refractivity contribution in [3.05, 3.63) is 18.1 Å². The van der Waals surface area contributed by atoms with E-state index < -0.39 is 11.9 Å². The quantitative estimate of drug-likeness (QED) is 0.852. The van der Waals surface area contributed by atoms with Crippen molar-refractivity contribution >= 4 is 11.6 Å². The first-order valence-electron chi connectivity index (χ1n) is 7.53. The van der Waals surface area contributed by atoms with Gasteiger partial charge in [-0.2, -0.15) is 27.8 Å². The average molecular weight is 311 g/mol. The van der Waals surface area contributed by atoms with Gasteiger partial charge >= 0.3 is 6.18 Å². The van der Waals surface area contributed by atoms with Crippen LogP contribution >= 0.6 is 0 Å². The van der Waals surface area contributed by atoms with E-state index in [4.69, 9.17) is 0 Å². The third kappa shape index (κ3) is 2.74. The van der Waals surface area contributed by atoms with E-state index in [9.17, 15) is 13.2 Å². The minimum Gasteiger partial charge on any atom is -0.356 e. The van der Waals surface area contributed by atoms with Gasteiger partial charge < -0.3 is 4.90 Å². The number of nitrogens with zero attached hydrogens (tertiary/aromatic N) is 5. The lowest BCUT2D eigenvalue weighted by atomic mass is 10.3. The maximum absolute atomic E-state index is 13.1. The number of hydrogen-bond donors (Lipinski definition) is 0. The van der Waals surface area contributed by atoms with Crippen LogP contribution in [0.1, 0.15) is 31.4 Å². The molecule has 8 heteroatoms. The molecule has 0 radical (unpaired) electrons. The summed E-state index contributed by atoms with van der Waals surface area (Å²) in [6, 6.07) is 1.10. The van der Waals surface area contributed by atoms with Crippen LogP contribution in [0.4, 0.5) is 19.0 Å². The predicted octanol–water partition coefficient (Wildman–Crippen LogP) is 2.77. The highest BCUT2D eigenvalue weighted by atomic mass is 19.4. The van der Waals surface area contributed by atoms with Crippen LogP contribution in [0.25, 0.3) is 5.78 Å². The molecular weight excluding hydrogens is 295 g/mol. The average Bonchev–Trinajstić information content (AvgIpc) is 3.37. The lowest BCUT2D eigenvalue weighted by molar-refractivity contribution is -0.141. The fourth-order valence-corrected chi connectivity index (χ4v) is 2.65. The minimum atomic E-state index is -4.48. The minimum absolute atomic E-state index is 0.00131. The number of alkyl halides is 3. The Hall–Kier alpha value is -1.86. The largest absolute Gasteiger partial charge is 0.433 e. The van der Waals surface area contributed by atoms with Crippen LogP contribution in [0.3, 0.4) is 0 Å². The van der Waals surface area contributed by atoms with Crippen molar-refractivity contribution in [2.24, 2.45) is 11.8 Å². The van der Waals surface area contributed by atoms with Gasteiger partial charge in [-0.1, -0.05) is 0 Å². The monoisotopic (exact) mass is 311 g/mol. The highest BCUT2D eigenvalue weighted by molar-refractivity contribution is 5.48. The van der Waals surface area contributed by atoms with Crippen molar-refractivity contribution in [2.45, 2.75) is 31.9 Å². The summed E-state index contributed by atoms with van der Waals surface area (Å²) in [4.78, 5) is 9.45. The van der Waals surface area contributed by atoms with Crippen LogP contribution in [0.5, 0.6) is 0 Å². The summed E-state index contributed by atoms with van der Waals surface area (Å²) >= 11 is 0. The van der Waals surface area contributed by atoms with Gasteiger partial charge in [0.15, 0.2) is 5.69 Å². The third-order valence-corrected chi connectivity index (χ3v) is 4.20. The first-order chi connectivity index (χ1) is 10.5.